The molecule has 1 aliphatic carbocycles. The molecule has 5 nitrogen and oxygen atoms in total. The average Bonchev–Trinajstić information content (AvgIpc) is 3.00. The number of nitrogens with one attached hydrogen (secondary N) is 1. The highest BCUT2D eigenvalue weighted by atomic mass is 16.5. The second-order valence-corrected chi connectivity index (χ2v) is 4.26. The first-order valence-corrected chi connectivity index (χ1v) is 5.92. The van der Waals surface area contributed by atoms with Crippen molar-refractivity contribution < 1.29 is 9.15 Å². The Morgan fingerprint density at radius 1 is 1.44 bits per heavy atom. The summed E-state index contributed by atoms with van der Waals surface area (Å²) in [4.78, 5) is 0. The van der Waals surface area contributed by atoms with Crippen LogP contribution in [-0.2, 0) is 11.3 Å². The highest BCUT2D eigenvalue weighted by Gasteiger charge is 2.20. The maximum Gasteiger partial charge on any atom is 0.230 e. The molecule has 1 saturated carbocycles. The lowest BCUT2D eigenvalue weighted by Crippen LogP contribution is -2.16. The van der Waals surface area contributed by atoms with E-state index in [0.29, 0.717) is 18.3 Å². The van der Waals surface area contributed by atoms with E-state index in [1.807, 2.05) is 0 Å². The van der Waals surface area contributed by atoms with Crippen molar-refractivity contribution in [3.63, 3.8) is 0 Å². The van der Waals surface area contributed by atoms with Crippen molar-refractivity contribution in [1.82, 2.24) is 15.5 Å². The normalized spacial score (nSPS) is 15.6. The summed E-state index contributed by atoms with van der Waals surface area (Å²) in [7, 11) is 0. The van der Waals surface area contributed by atoms with Gasteiger partial charge in [0, 0.05) is 20.1 Å². The van der Waals surface area contributed by atoms with Crippen LogP contribution in [0.25, 0.3) is 0 Å². The van der Waals surface area contributed by atoms with Crippen molar-refractivity contribution in [2.75, 3.05) is 19.8 Å². The monoisotopic (exact) mass is 225 g/mol. The van der Waals surface area contributed by atoms with Crippen LogP contribution in [0.3, 0.4) is 0 Å². The van der Waals surface area contributed by atoms with E-state index in [-0.39, 0.29) is 0 Å². The molecule has 2 rings (SSSR count). The van der Waals surface area contributed by atoms with Gasteiger partial charge in [-0.15, -0.1) is 10.2 Å². The first-order valence-electron chi connectivity index (χ1n) is 5.92. The number of aryl methyl sites for hydroxylation is 1. The molecule has 0 unspecified atom stereocenters. The van der Waals surface area contributed by atoms with Crippen LogP contribution in [-0.4, -0.2) is 30.0 Å². The standard InChI is InChI=1S/C11H19N3O2/c1-9-13-14-11(16-9)7-12-5-2-6-15-8-10-3-4-10/h10,12H,2-8H2,1H3. The van der Waals surface area contributed by atoms with Gasteiger partial charge in [-0.1, -0.05) is 0 Å². The van der Waals surface area contributed by atoms with E-state index < -0.39 is 0 Å². The third-order valence-corrected chi connectivity index (χ3v) is 2.54. The number of hydrogen-bond donors (Lipinski definition) is 1. The fourth-order valence-electron chi connectivity index (χ4n) is 1.44. The average molecular weight is 225 g/mol. The fourth-order valence-corrected chi connectivity index (χ4v) is 1.44. The molecule has 0 bridgehead atoms. The van der Waals surface area contributed by atoms with Gasteiger partial charge in [-0.05, 0) is 31.7 Å². The molecule has 1 aromatic heterocycles. The van der Waals surface area contributed by atoms with Crippen molar-refractivity contribution in [3.05, 3.63) is 11.8 Å². The molecule has 1 N–H and O–H groups in total. The summed E-state index contributed by atoms with van der Waals surface area (Å²) >= 11 is 0. The minimum absolute atomic E-state index is 0.615. The van der Waals surface area contributed by atoms with Crippen molar-refractivity contribution in [3.8, 4) is 0 Å². The van der Waals surface area contributed by atoms with Gasteiger partial charge in [0.25, 0.3) is 0 Å². The molecule has 16 heavy (non-hydrogen) atoms. The van der Waals surface area contributed by atoms with E-state index in [1.165, 1.54) is 12.8 Å². The molecule has 5 heteroatoms. The summed E-state index contributed by atoms with van der Waals surface area (Å²) in [5, 5.41) is 10.9. The van der Waals surface area contributed by atoms with Gasteiger partial charge < -0.3 is 14.5 Å². The number of rotatable bonds is 8. The van der Waals surface area contributed by atoms with Gasteiger partial charge in [-0.25, -0.2) is 0 Å². The van der Waals surface area contributed by atoms with Gasteiger partial charge in [0.2, 0.25) is 11.8 Å². The molecule has 0 atom stereocenters. The SMILES string of the molecule is Cc1nnc(CNCCCOCC2CC2)o1. The highest BCUT2D eigenvalue weighted by Crippen LogP contribution is 2.28. The van der Waals surface area contributed by atoms with Crippen LogP contribution in [0.5, 0.6) is 0 Å². The molecular weight excluding hydrogens is 206 g/mol. The first kappa shape index (κ1) is 11.5. The van der Waals surface area contributed by atoms with Gasteiger partial charge in [0.1, 0.15) is 0 Å². The van der Waals surface area contributed by atoms with Crippen molar-refractivity contribution in [1.29, 1.82) is 0 Å². The topological polar surface area (TPSA) is 60.2 Å². The summed E-state index contributed by atoms with van der Waals surface area (Å²) in [6.07, 6.45) is 3.74. The predicted octanol–water partition coefficient (Wildman–Crippen LogP) is 1.28. The van der Waals surface area contributed by atoms with Crippen LogP contribution >= 0.6 is 0 Å². The summed E-state index contributed by atoms with van der Waals surface area (Å²) in [5.74, 6) is 2.12. The Balaban J connectivity index is 1.42. The molecule has 0 aromatic carbocycles. The molecular formula is C11H19N3O2. The van der Waals surface area contributed by atoms with Gasteiger partial charge >= 0.3 is 0 Å². The van der Waals surface area contributed by atoms with E-state index in [1.54, 1.807) is 6.92 Å². The van der Waals surface area contributed by atoms with Crippen LogP contribution in [0.1, 0.15) is 31.0 Å². The largest absolute Gasteiger partial charge is 0.424 e. The Kier molecular flexibility index (Phi) is 4.30. The van der Waals surface area contributed by atoms with Crippen molar-refractivity contribution in [2.45, 2.75) is 32.7 Å². The van der Waals surface area contributed by atoms with Crippen LogP contribution in [0, 0.1) is 12.8 Å². The molecule has 1 fully saturated rings. The van der Waals surface area contributed by atoms with E-state index in [2.05, 4.69) is 15.5 Å². The molecule has 0 aliphatic heterocycles. The van der Waals surface area contributed by atoms with Crippen LogP contribution in [0.15, 0.2) is 4.42 Å². The number of aromatic nitrogens is 2. The quantitative estimate of drug-likeness (QED) is 0.675. The molecule has 1 aliphatic rings. The Hall–Kier alpha value is -0.940. The molecule has 90 valence electrons. The Labute approximate surface area is 95.6 Å². The number of ether oxygens (including phenoxy) is 1. The van der Waals surface area contributed by atoms with Crippen LogP contribution in [0.4, 0.5) is 0 Å². The summed E-state index contributed by atoms with van der Waals surface area (Å²) in [6, 6.07) is 0. The number of hydrogen-bond acceptors (Lipinski definition) is 5. The Morgan fingerprint density at radius 3 is 3.00 bits per heavy atom. The summed E-state index contributed by atoms with van der Waals surface area (Å²) < 4.78 is 10.8. The molecule has 0 spiro atoms. The predicted molar refractivity (Wildman–Crippen MR) is 58.9 cm³/mol. The molecule has 0 amide bonds. The van der Waals surface area contributed by atoms with Crippen molar-refractivity contribution >= 4 is 0 Å². The molecule has 1 aromatic rings. The zero-order valence-corrected chi connectivity index (χ0v) is 9.74. The van der Waals surface area contributed by atoms with E-state index in [9.17, 15) is 0 Å². The van der Waals surface area contributed by atoms with Gasteiger partial charge in [0.05, 0.1) is 6.54 Å². The summed E-state index contributed by atoms with van der Waals surface area (Å²) in [5.41, 5.74) is 0. The Bertz CT molecular complexity index is 310. The van der Waals surface area contributed by atoms with Gasteiger partial charge in [-0.3, -0.25) is 0 Å². The maximum absolute atomic E-state index is 5.52. The molecule has 1 heterocycles. The van der Waals surface area contributed by atoms with E-state index >= 15 is 0 Å². The zero-order valence-electron chi connectivity index (χ0n) is 9.74. The fraction of sp³-hybridized carbons (Fsp3) is 0.818. The van der Waals surface area contributed by atoms with Crippen LogP contribution < -0.4 is 5.32 Å². The Morgan fingerprint density at radius 2 is 2.31 bits per heavy atom. The number of nitrogens with zero attached hydrogens (tertiary/aromatic N) is 2. The second-order valence-electron chi connectivity index (χ2n) is 4.26. The lowest BCUT2D eigenvalue weighted by Gasteiger charge is -2.03. The lowest BCUT2D eigenvalue weighted by atomic mass is 10.4. The van der Waals surface area contributed by atoms with E-state index in [0.717, 1.165) is 32.1 Å². The second kappa shape index (κ2) is 5.96. The minimum atomic E-state index is 0.615. The zero-order chi connectivity index (χ0) is 11.2. The maximum atomic E-state index is 5.52. The molecule has 0 radical (unpaired) electrons. The summed E-state index contributed by atoms with van der Waals surface area (Å²) in [6.45, 7) is 5.15. The smallest absolute Gasteiger partial charge is 0.230 e. The third-order valence-electron chi connectivity index (χ3n) is 2.54. The minimum Gasteiger partial charge on any atom is -0.424 e. The van der Waals surface area contributed by atoms with Crippen molar-refractivity contribution in [2.24, 2.45) is 5.92 Å². The van der Waals surface area contributed by atoms with Gasteiger partial charge in [0.15, 0.2) is 0 Å². The third kappa shape index (κ3) is 4.28. The van der Waals surface area contributed by atoms with Crippen LogP contribution in [0.2, 0.25) is 0 Å². The van der Waals surface area contributed by atoms with E-state index in [4.69, 9.17) is 9.15 Å². The lowest BCUT2D eigenvalue weighted by molar-refractivity contribution is 0.122. The highest BCUT2D eigenvalue weighted by molar-refractivity contribution is 4.77. The molecule has 0 saturated heterocycles. The van der Waals surface area contributed by atoms with Gasteiger partial charge in [-0.2, -0.15) is 0 Å². The first-order chi connectivity index (χ1) is 7.84.